The highest BCUT2D eigenvalue weighted by Gasteiger charge is 2.10. The van der Waals surface area contributed by atoms with Crippen LogP contribution in [-0.4, -0.2) is 28.8 Å². The monoisotopic (exact) mass is 414 g/mol. The lowest BCUT2D eigenvalue weighted by Gasteiger charge is -2.11. The SMILES string of the molecule is COc1ccc(Nc2ccc3ncc(-c4ccc5cc(F)ccc5c4)n3n2)cc1OC. The third kappa shape index (κ3) is 3.50. The van der Waals surface area contributed by atoms with Crippen LogP contribution >= 0.6 is 0 Å². The van der Waals surface area contributed by atoms with Crippen LogP contribution in [0.2, 0.25) is 0 Å². The summed E-state index contributed by atoms with van der Waals surface area (Å²) in [6, 6.07) is 20.0. The first-order valence-corrected chi connectivity index (χ1v) is 9.68. The molecule has 0 aliphatic rings. The van der Waals surface area contributed by atoms with E-state index in [0.29, 0.717) is 17.3 Å². The van der Waals surface area contributed by atoms with Crippen molar-refractivity contribution in [1.82, 2.24) is 14.6 Å². The number of imidazole rings is 1. The van der Waals surface area contributed by atoms with Gasteiger partial charge >= 0.3 is 0 Å². The molecule has 0 atom stereocenters. The summed E-state index contributed by atoms with van der Waals surface area (Å²) >= 11 is 0. The molecular weight excluding hydrogens is 395 g/mol. The Labute approximate surface area is 177 Å². The Morgan fingerprint density at radius 1 is 0.839 bits per heavy atom. The standard InChI is InChI=1S/C24H19FN4O2/c1-30-21-8-7-19(13-22(21)31-2)27-23-9-10-24-26-14-20(29(24)28-23)17-4-3-16-12-18(25)6-5-15(16)11-17/h3-14H,1-2H3,(H,27,28). The number of aromatic nitrogens is 3. The number of anilines is 2. The Balaban J connectivity index is 1.52. The summed E-state index contributed by atoms with van der Waals surface area (Å²) in [7, 11) is 3.20. The summed E-state index contributed by atoms with van der Waals surface area (Å²) in [6.07, 6.45) is 1.78. The Bertz CT molecular complexity index is 1410. The quantitative estimate of drug-likeness (QED) is 0.414. The van der Waals surface area contributed by atoms with E-state index in [-0.39, 0.29) is 5.82 Å². The van der Waals surface area contributed by atoms with Gasteiger partial charge in [0.15, 0.2) is 23.0 Å². The van der Waals surface area contributed by atoms with Gasteiger partial charge in [0.25, 0.3) is 0 Å². The predicted octanol–water partition coefficient (Wildman–Crippen LogP) is 5.45. The van der Waals surface area contributed by atoms with Crippen LogP contribution in [0.4, 0.5) is 15.9 Å². The van der Waals surface area contributed by atoms with E-state index in [4.69, 9.17) is 14.6 Å². The highest BCUT2D eigenvalue weighted by Crippen LogP contribution is 2.31. The normalized spacial score (nSPS) is 11.1. The lowest BCUT2D eigenvalue weighted by molar-refractivity contribution is 0.355. The average Bonchev–Trinajstić information content (AvgIpc) is 3.22. The fraction of sp³-hybridized carbons (Fsp3) is 0.0833. The molecule has 1 N–H and O–H groups in total. The first kappa shape index (κ1) is 18.9. The molecule has 0 saturated carbocycles. The molecule has 0 bridgehead atoms. The van der Waals surface area contributed by atoms with Crippen LogP contribution in [0.1, 0.15) is 0 Å². The first-order valence-electron chi connectivity index (χ1n) is 9.68. The first-order chi connectivity index (χ1) is 15.1. The number of rotatable bonds is 5. The van der Waals surface area contributed by atoms with Crippen molar-refractivity contribution in [1.29, 1.82) is 0 Å². The van der Waals surface area contributed by atoms with Crippen LogP contribution in [-0.2, 0) is 0 Å². The second kappa shape index (κ2) is 7.60. The van der Waals surface area contributed by atoms with Gasteiger partial charge in [0.1, 0.15) is 5.82 Å². The van der Waals surface area contributed by atoms with E-state index in [0.717, 1.165) is 33.4 Å². The van der Waals surface area contributed by atoms with E-state index < -0.39 is 0 Å². The maximum Gasteiger partial charge on any atom is 0.162 e. The summed E-state index contributed by atoms with van der Waals surface area (Å²) in [6.45, 7) is 0. The van der Waals surface area contributed by atoms with Crippen LogP contribution in [0.15, 0.2) is 72.9 Å². The Kier molecular flexibility index (Phi) is 4.63. The minimum absolute atomic E-state index is 0.248. The molecule has 2 heterocycles. The van der Waals surface area contributed by atoms with Gasteiger partial charge in [0, 0.05) is 17.3 Å². The molecule has 3 aromatic carbocycles. The van der Waals surface area contributed by atoms with Crippen molar-refractivity contribution in [3.05, 3.63) is 78.7 Å². The summed E-state index contributed by atoms with van der Waals surface area (Å²) in [5.41, 5.74) is 3.34. The van der Waals surface area contributed by atoms with Crippen molar-refractivity contribution in [3.63, 3.8) is 0 Å². The lowest BCUT2D eigenvalue weighted by atomic mass is 10.1. The van der Waals surface area contributed by atoms with Crippen LogP contribution in [0, 0.1) is 5.82 Å². The topological polar surface area (TPSA) is 60.7 Å². The molecule has 0 saturated heterocycles. The average molecular weight is 414 g/mol. The minimum Gasteiger partial charge on any atom is -0.493 e. The van der Waals surface area contributed by atoms with Crippen molar-refractivity contribution < 1.29 is 13.9 Å². The van der Waals surface area contributed by atoms with Gasteiger partial charge in [-0.05, 0) is 53.2 Å². The van der Waals surface area contributed by atoms with Gasteiger partial charge < -0.3 is 14.8 Å². The van der Waals surface area contributed by atoms with E-state index >= 15 is 0 Å². The number of benzene rings is 3. The molecule has 154 valence electrons. The molecular formula is C24H19FN4O2. The second-order valence-electron chi connectivity index (χ2n) is 7.03. The second-order valence-corrected chi connectivity index (χ2v) is 7.03. The van der Waals surface area contributed by atoms with Crippen LogP contribution < -0.4 is 14.8 Å². The Morgan fingerprint density at radius 2 is 1.65 bits per heavy atom. The van der Waals surface area contributed by atoms with Gasteiger partial charge in [-0.2, -0.15) is 0 Å². The molecule has 7 heteroatoms. The van der Waals surface area contributed by atoms with Gasteiger partial charge in [0.2, 0.25) is 0 Å². The maximum absolute atomic E-state index is 13.5. The zero-order valence-corrected chi connectivity index (χ0v) is 17.0. The van der Waals surface area contributed by atoms with Gasteiger partial charge in [-0.15, -0.1) is 5.10 Å². The number of hydrogen-bond acceptors (Lipinski definition) is 5. The predicted molar refractivity (Wildman–Crippen MR) is 119 cm³/mol. The Morgan fingerprint density at radius 3 is 2.48 bits per heavy atom. The fourth-order valence-electron chi connectivity index (χ4n) is 3.57. The molecule has 0 aliphatic carbocycles. The number of halogens is 1. The molecule has 0 radical (unpaired) electrons. The van der Waals surface area contributed by atoms with Crippen LogP contribution in [0.3, 0.4) is 0 Å². The smallest absolute Gasteiger partial charge is 0.162 e. The largest absolute Gasteiger partial charge is 0.493 e. The van der Waals surface area contributed by atoms with Crippen LogP contribution in [0.25, 0.3) is 27.7 Å². The van der Waals surface area contributed by atoms with Gasteiger partial charge in [0.05, 0.1) is 26.1 Å². The van der Waals surface area contributed by atoms with Gasteiger partial charge in [-0.3, -0.25) is 0 Å². The molecule has 5 aromatic rings. The maximum atomic E-state index is 13.5. The lowest BCUT2D eigenvalue weighted by Crippen LogP contribution is -2.01. The van der Waals surface area contributed by atoms with Gasteiger partial charge in [-0.1, -0.05) is 18.2 Å². The third-order valence-corrected chi connectivity index (χ3v) is 5.12. The molecule has 5 rings (SSSR count). The summed E-state index contributed by atoms with van der Waals surface area (Å²) in [5.74, 6) is 1.69. The number of fused-ring (bicyclic) bond motifs is 2. The number of nitrogens with one attached hydrogen (secondary N) is 1. The van der Waals surface area contributed by atoms with Crippen LogP contribution in [0.5, 0.6) is 11.5 Å². The summed E-state index contributed by atoms with van der Waals surface area (Å²) in [5, 5.41) is 9.80. The highest BCUT2D eigenvalue weighted by molar-refractivity contribution is 5.87. The molecule has 0 spiro atoms. The molecule has 0 aliphatic heterocycles. The van der Waals surface area contributed by atoms with E-state index in [1.165, 1.54) is 12.1 Å². The molecule has 6 nitrogen and oxygen atoms in total. The van der Waals surface area contributed by atoms with E-state index in [1.54, 1.807) is 31.0 Å². The zero-order valence-electron chi connectivity index (χ0n) is 17.0. The van der Waals surface area contributed by atoms with Crippen molar-refractivity contribution in [3.8, 4) is 22.8 Å². The molecule has 31 heavy (non-hydrogen) atoms. The number of methoxy groups -OCH3 is 2. The third-order valence-electron chi connectivity index (χ3n) is 5.12. The van der Waals surface area contributed by atoms with Crippen molar-refractivity contribution >= 4 is 27.9 Å². The summed E-state index contributed by atoms with van der Waals surface area (Å²) < 4.78 is 25.9. The number of nitrogens with zero attached hydrogens (tertiary/aromatic N) is 3. The number of ether oxygens (including phenoxy) is 2. The van der Waals surface area contributed by atoms with Gasteiger partial charge in [-0.25, -0.2) is 13.9 Å². The zero-order chi connectivity index (χ0) is 21.4. The van der Waals surface area contributed by atoms with E-state index in [1.807, 2.05) is 48.5 Å². The molecule has 0 amide bonds. The highest BCUT2D eigenvalue weighted by atomic mass is 19.1. The molecule has 0 unspecified atom stereocenters. The van der Waals surface area contributed by atoms with E-state index in [9.17, 15) is 4.39 Å². The van der Waals surface area contributed by atoms with Crippen molar-refractivity contribution in [2.45, 2.75) is 0 Å². The molecule has 0 fully saturated rings. The minimum atomic E-state index is -0.248. The van der Waals surface area contributed by atoms with E-state index in [2.05, 4.69) is 10.3 Å². The number of hydrogen-bond donors (Lipinski definition) is 1. The summed E-state index contributed by atoms with van der Waals surface area (Å²) in [4.78, 5) is 4.46. The Hall–Kier alpha value is -4.13. The van der Waals surface area contributed by atoms with Crippen molar-refractivity contribution in [2.75, 3.05) is 19.5 Å². The fourth-order valence-corrected chi connectivity index (χ4v) is 3.57. The molecule has 2 aromatic heterocycles. The van der Waals surface area contributed by atoms with Crippen molar-refractivity contribution in [2.24, 2.45) is 0 Å².